The molecule has 6 heteroatoms. The molecule has 1 heterocycles. The van der Waals surface area contributed by atoms with Crippen LogP contribution in [-0.4, -0.2) is 17.9 Å². The van der Waals surface area contributed by atoms with Gasteiger partial charge in [0.15, 0.2) is 0 Å². The number of urea groups is 1. The Morgan fingerprint density at radius 2 is 1.75 bits per heavy atom. The SMILES string of the molecule is C=O.NC(N)=O.Oc1cc2ccccc2o1. The maximum absolute atomic E-state index is 9.00. The molecule has 0 saturated carbocycles. The molecule has 1 aromatic heterocycles. The number of benzene rings is 1. The number of carbonyl (C=O) groups is 2. The molecule has 0 spiro atoms. The van der Waals surface area contributed by atoms with Gasteiger partial charge in [-0.1, -0.05) is 18.2 Å². The summed E-state index contributed by atoms with van der Waals surface area (Å²) in [7, 11) is 0. The minimum absolute atomic E-state index is 0.0267. The molecule has 0 aliphatic heterocycles. The number of fused-ring (bicyclic) bond motifs is 1. The molecule has 16 heavy (non-hydrogen) atoms. The van der Waals surface area contributed by atoms with Gasteiger partial charge in [-0.25, -0.2) is 4.79 Å². The van der Waals surface area contributed by atoms with Crippen molar-refractivity contribution in [3.05, 3.63) is 30.3 Å². The second-order valence-corrected chi connectivity index (χ2v) is 2.52. The van der Waals surface area contributed by atoms with Crippen molar-refractivity contribution in [1.82, 2.24) is 0 Å². The number of primary amides is 2. The van der Waals surface area contributed by atoms with Crippen LogP contribution in [0.15, 0.2) is 34.7 Å². The fraction of sp³-hybridized carbons (Fsp3) is 0. The number of nitrogens with two attached hydrogens (primary N) is 2. The maximum Gasteiger partial charge on any atom is 0.309 e. The van der Waals surface area contributed by atoms with Gasteiger partial charge in [-0.3, -0.25) is 0 Å². The first-order valence-electron chi connectivity index (χ1n) is 4.11. The molecule has 2 aromatic rings. The Morgan fingerprint density at radius 1 is 1.25 bits per heavy atom. The zero-order valence-electron chi connectivity index (χ0n) is 8.42. The van der Waals surface area contributed by atoms with Gasteiger partial charge in [0, 0.05) is 11.5 Å². The van der Waals surface area contributed by atoms with Crippen LogP contribution in [0.1, 0.15) is 0 Å². The maximum atomic E-state index is 9.00. The molecule has 6 nitrogen and oxygen atoms in total. The summed E-state index contributed by atoms with van der Waals surface area (Å²) in [5.41, 5.74) is 9.22. The van der Waals surface area contributed by atoms with Crippen LogP contribution in [0, 0.1) is 0 Å². The normalized spacial score (nSPS) is 8.25. The van der Waals surface area contributed by atoms with Gasteiger partial charge >= 0.3 is 6.03 Å². The Bertz CT molecular complexity index is 416. The molecule has 5 N–H and O–H groups in total. The van der Waals surface area contributed by atoms with E-state index in [9.17, 15) is 0 Å². The Kier molecular flexibility index (Phi) is 5.81. The van der Waals surface area contributed by atoms with E-state index in [1.807, 2.05) is 31.1 Å². The van der Waals surface area contributed by atoms with Crippen LogP contribution >= 0.6 is 0 Å². The van der Waals surface area contributed by atoms with Crippen molar-refractivity contribution in [2.24, 2.45) is 11.5 Å². The van der Waals surface area contributed by atoms with E-state index in [2.05, 4.69) is 11.5 Å². The van der Waals surface area contributed by atoms with Gasteiger partial charge in [0.2, 0.25) is 0 Å². The third kappa shape index (κ3) is 4.66. The van der Waals surface area contributed by atoms with Crippen LogP contribution in [0.4, 0.5) is 4.79 Å². The molecular weight excluding hydrogens is 212 g/mol. The van der Waals surface area contributed by atoms with Crippen LogP contribution in [0.5, 0.6) is 5.95 Å². The van der Waals surface area contributed by atoms with Crippen LogP contribution in [0.3, 0.4) is 0 Å². The molecule has 2 amide bonds. The van der Waals surface area contributed by atoms with Gasteiger partial charge in [-0.05, 0) is 6.07 Å². The molecule has 0 fully saturated rings. The van der Waals surface area contributed by atoms with Crippen LogP contribution in [-0.2, 0) is 4.79 Å². The molecule has 0 bridgehead atoms. The monoisotopic (exact) mass is 224 g/mol. The number of hydrogen-bond donors (Lipinski definition) is 3. The Labute approximate surface area is 91.4 Å². The number of hydrogen-bond acceptors (Lipinski definition) is 4. The minimum Gasteiger partial charge on any atom is -0.481 e. The molecule has 0 saturated heterocycles. The third-order valence-corrected chi connectivity index (χ3v) is 1.41. The van der Waals surface area contributed by atoms with Crippen molar-refractivity contribution in [2.75, 3.05) is 0 Å². The molecule has 0 radical (unpaired) electrons. The second-order valence-electron chi connectivity index (χ2n) is 2.52. The van der Waals surface area contributed by atoms with E-state index in [1.54, 1.807) is 6.07 Å². The lowest BCUT2D eigenvalue weighted by Gasteiger charge is -1.81. The van der Waals surface area contributed by atoms with Crippen molar-refractivity contribution in [2.45, 2.75) is 0 Å². The summed E-state index contributed by atoms with van der Waals surface area (Å²) in [6.45, 7) is 2.00. The van der Waals surface area contributed by atoms with Crippen LogP contribution < -0.4 is 11.5 Å². The average Bonchev–Trinajstić information content (AvgIpc) is 2.60. The summed E-state index contributed by atoms with van der Waals surface area (Å²) in [5, 5.41) is 9.82. The number of rotatable bonds is 0. The molecule has 0 aliphatic carbocycles. The highest BCUT2D eigenvalue weighted by Gasteiger charge is 1.97. The van der Waals surface area contributed by atoms with Gasteiger partial charge in [0.1, 0.15) is 12.4 Å². The zero-order chi connectivity index (χ0) is 12.6. The van der Waals surface area contributed by atoms with Gasteiger partial charge in [-0.15, -0.1) is 0 Å². The van der Waals surface area contributed by atoms with E-state index < -0.39 is 6.03 Å². The predicted octanol–water partition coefficient (Wildman–Crippen LogP) is 0.977. The summed E-state index contributed by atoms with van der Waals surface area (Å²) >= 11 is 0. The summed E-state index contributed by atoms with van der Waals surface area (Å²) < 4.78 is 4.92. The fourth-order valence-corrected chi connectivity index (χ4v) is 0.968. The molecule has 1 aromatic carbocycles. The van der Waals surface area contributed by atoms with Crippen molar-refractivity contribution in [3.8, 4) is 5.95 Å². The minimum atomic E-state index is -0.833. The number of aromatic hydroxyl groups is 1. The molecule has 86 valence electrons. The summed E-state index contributed by atoms with van der Waals surface area (Å²) in [4.78, 5) is 17.0. The van der Waals surface area contributed by atoms with Gasteiger partial charge in [0.25, 0.3) is 5.95 Å². The molecule has 0 atom stereocenters. The smallest absolute Gasteiger partial charge is 0.309 e. The Balaban J connectivity index is 0.000000323. The van der Waals surface area contributed by atoms with E-state index in [1.165, 1.54) is 0 Å². The lowest BCUT2D eigenvalue weighted by molar-refractivity contribution is -0.0979. The van der Waals surface area contributed by atoms with E-state index in [-0.39, 0.29) is 5.95 Å². The topological polar surface area (TPSA) is 120 Å². The molecule has 0 unspecified atom stereocenters. The van der Waals surface area contributed by atoms with Gasteiger partial charge < -0.3 is 25.8 Å². The summed E-state index contributed by atoms with van der Waals surface area (Å²) in [6, 6.07) is 8.23. The molecule has 0 aliphatic rings. The first-order valence-corrected chi connectivity index (χ1v) is 4.11. The average molecular weight is 224 g/mol. The standard InChI is InChI=1S/C8H6O2.CH4N2O.CH2O/c9-8-5-6-3-1-2-4-7(6)10-8;2-1(3)4;1-2/h1-5,9H;(H4,2,3,4);1H2. The van der Waals surface area contributed by atoms with Crippen LogP contribution in [0.2, 0.25) is 0 Å². The van der Waals surface area contributed by atoms with Crippen LogP contribution in [0.25, 0.3) is 11.0 Å². The second kappa shape index (κ2) is 6.88. The predicted molar refractivity (Wildman–Crippen MR) is 58.8 cm³/mol. The van der Waals surface area contributed by atoms with Crippen molar-refractivity contribution in [3.63, 3.8) is 0 Å². The van der Waals surface area contributed by atoms with E-state index in [0.717, 1.165) is 11.0 Å². The largest absolute Gasteiger partial charge is 0.481 e. The Hall–Kier alpha value is -2.50. The van der Waals surface area contributed by atoms with Gasteiger partial charge in [0.05, 0.1) is 0 Å². The fourth-order valence-electron chi connectivity index (χ4n) is 0.968. The van der Waals surface area contributed by atoms with Gasteiger partial charge in [-0.2, -0.15) is 0 Å². The first-order chi connectivity index (χ1) is 7.59. The zero-order valence-corrected chi connectivity index (χ0v) is 8.42. The highest BCUT2D eigenvalue weighted by Crippen LogP contribution is 2.22. The number of furan rings is 1. The third-order valence-electron chi connectivity index (χ3n) is 1.41. The molecular formula is C10H12N2O4. The van der Waals surface area contributed by atoms with Crippen molar-refractivity contribution < 1.29 is 19.1 Å². The van der Waals surface area contributed by atoms with E-state index in [0.29, 0.717) is 0 Å². The number of carbonyl (C=O) groups excluding carboxylic acids is 2. The number of amides is 2. The first kappa shape index (κ1) is 13.5. The number of para-hydroxylation sites is 1. The lowest BCUT2D eigenvalue weighted by Crippen LogP contribution is -2.18. The summed E-state index contributed by atoms with van der Waals surface area (Å²) in [6.07, 6.45) is 0. The van der Waals surface area contributed by atoms with Crippen molar-refractivity contribution >= 4 is 23.8 Å². The van der Waals surface area contributed by atoms with E-state index >= 15 is 0 Å². The Morgan fingerprint density at radius 3 is 2.25 bits per heavy atom. The highest BCUT2D eigenvalue weighted by molar-refractivity contribution is 5.78. The van der Waals surface area contributed by atoms with Crippen molar-refractivity contribution in [1.29, 1.82) is 0 Å². The lowest BCUT2D eigenvalue weighted by atomic mass is 10.3. The van der Waals surface area contributed by atoms with E-state index in [4.69, 9.17) is 19.1 Å². The summed E-state index contributed by atoms with van der Waals surface area (Å²) in [5.74, 6) is -0.0267. The quantitative estimate of drug-likeness (QED) is 0.617. The molecule has 2 rings (SSSR count). The highest BCUT2D eigenvalue weighted by atomic mass is 16.5.